The van der Waals surface area contributed by atoms with Gasteiger partial charge in [0.2, 0.25) is 11.8 Å². The van der Waals surface area contributed by atoms with E-state index in [1.54, 1.807) is 32.6 Å². The zero-order chi connectivity index (χ0) is 20.4. The summed E-state index contributed by atoms with van der Waals surface area (Å²) >= 11 is 0. The summed E-state index contributed by atoms with van der Waals surface area (Å²) < 4.78 is 10.6. The Labute approximate surface area is 167 Å². The van der Waals surface area contributed by atoms with Gasteiger partial charge in [0.05, 0.1) is 20.6 Å². The molecule has 0 spiro atoms. The number of rotatable bonds is 5. The summed E-state index contributed by atoms with van der Waals surface area (Å²) in [5, 5.41) is 3.91. The van der Waals surface area contributed by atoms with Crippen LogP contribution in [0.15, 0.2) is 48.8 Å². The second kappa shape index (κ2) is 7.71. The molecule has 2 amide bonds. The Morgan fingerprint density at radius 3 is 2.72 bits per heavy atom. The SMILES string of the molecule is COc1cc2c(cc1OC)CC(=O)N(CC(=O)Nc1ccc3cc[nH]c3c1)C=C2. The Balaban J connectivity index is 1.48. The minimum absolute atomic E-state index is 0.0691. The van der Waals surface area contributed by atoms with Crippen molar-refractivity contribution in [3.8, 4) is 11.5 Å². The lowest BCUT2D eigenvalue weighted by molar-refractivity contribution is -0.131. The number of carbonyl (C=O) groups is 2. The van der Waals surface area contributed by atoms with Gasteiger partial charge in [-0.25, -0.2) is 0 Å². The summed E-state index contributed by atoms with van der Waals surface area (Å²) in [6, 6.07) is 11.2. The van der Waals surface area contributed by atoms with Crippen LogP contribution in [0.3, 0.4) is 0 Å². The molecule has 2 heterocycles. The van der Waals surface area contributed by atoms with Crippen molar-refractivity contribution in [3.63, 3.8) is 0 Å². The zero-order valence-corrected chi connectivity index (χ0v) is 16.2. The number of aromatic nitrogens is 1. The number of fused-ring (bicyclic) bond motifs is 2. The molecule has 0 fully saturated rings. The van der Waals surface area contributed by atoms with E-state index in [1.807, 2.05) is 36.5 Å². The number of amides is 2. The first-order valence-corrected chi connectivity index (χ1v) is 9.17. The van der Waals surface area contributed by atoms with Gasteiger partial charge in [-0.05, 0) is 52.9 Å². The highest BCUT2D eigenvalue weighted by molar-refractivity contribution is 5.97. The topological polar surface area (TPSA) is 83.7 Å². The van der Waals surface area contributed by atoms with Crippen molar-refractivity contribution >= 4 is 34.5 Å². The quantitative estimate of drug-likeness (QED) is 0.700. The van der Waals surface area contributed by atoms with Crippen LogP contribution >= 0.6 is 0 Å². The van der Waals surface area contributed by atoms with Crippen molar-refractivity contribution in [1.82, 2.24) is 9.88 Å². The molecule has 1 aromatic heterocycles. The van der Waals surface area contributed by atoms with Crippen LogP contribution in [0.2, 0.25) is 0 Å². The highest BCUT2D eigenvalue weighted by atomic mass is 16.5. The molecule has 3 aromatic rings. The normalized spacial score (nSPS) is 13.2. The minimum atomic E-state index is -0.268. The Morgan fingerprint density at radius 1 is 1.14 bits per heavy atom. The third-order valence-electron chi connectivity index (χ3n) is 4.89. The van der Waals surface area contributed by atoms with Crippen LogP contribution in [-0.2, 0) is 16.0 Å². The van der Waals surface area contributed by atoms with E-state index in [4.69, 9.17) is 9.47 Å². The Bertz CT molecular complexity index is 1120. The van der Waals surface area contributed by atoms with Gasteiger partial charge in [0.15, 0.2) is 11.5 Å². The predicted octanol–water partition coefficient (Wildman–Crippen LogP) is 3.18. The number of aromatic amines is 1. The number of hydrogen-bond acceptors (Lipinski definition) is 4. The lowest BCUT2D eigenvalue weighted by Crippen LogP contribution is -2.34. The minimum Gasteiger partial charge on any atom is -0.493 e. The molecular weight excluding hydrogens is 370 g/mol. The highest BCUT2D eigenvalue weighted by Gasteiger charge is 2.21. The maximum atomic E-state index is 12.7. The molecule has 0 atom stereocenters. The number of methoxy groups -OCH3 is 2. The van der Waals surface area contributed by atoms with Crippen LogP contribution in [0.5, 0.6) is 11.5 Å². The van der Waals surface area contributed by atoms with Gasteiger partial charge in [-0.15, -0.1) is 0 Å². The number of ether oxygens (including phenoxy) is 2. The number of nitrogens with zero attached hydrogens (tertiary/aromatic N) is 1. The van der Waals surface area contributed by atoms with Gasteiger partial charge in [-0.1, -0.05) is 6.07 Å². The number of carbonyl (C=O) groups excluding carboxylic acids is 2. The van der Waals surface area contributed by atoms with Gasteiger partial charge < -0.3 is 24.7 Å². The fraction of sp³-hybridized carbons (Fsp3) is 0.182. The van der Waals surface area contributed by atoms with Crippen molar-refractivity contribution in [1.29, 1.82) is 0 Å². The molecule has 148 valence electrons. The van der Waals surface area contributed by atoms with Crippen molar-refractivity contribution in [2.45, 2.75) is 6.42 Å². The van der Waals surface area contributed by atoms with E-state index in [2.05, 4.69) is 10.3 Å². The van der Waals surface area contributed by atoms with Crippen molar-refractivity contribution < 1.29 is 19.1 Å². The lowest BCUT2D eigenvalue weighted by Gasteiger charge is -2.17. The van der Waals surface area contributed by atoms with Crippen molar-refractivity contribution in [2.24, 2.45) is 0 Å². The van der Waals surface area contributed by atoms with Gasteiger partial charge in [0, 0.05) is 23.6 Å². The average Bonchev–Trinajstić information content (AvgIpc) is 3.13. The molecule has 29 heavy (non-hydrogen) atoms. The Morgan fingerprint density at radius 2 is 1.93 bits per heavy atom. The molecule has 0 bridgehead atoms. The lowest BCUT2D eigenvalue weighted by atomic mass is 10.0. The average molecular weight is 391 g/mol. The summed E-state index contributed by atoms with van der Waals surface area (Å²) in [6.07, 6.45) is 5.46. The first-order chi connectivity index (χ1) is 14.1. The third-order valence-corrected chi connectivity index (χ3v) is 4.89. The van der Waals surface area contributed by atoms with Crippen molar-refractivity contribution in [3.05, 3.63) is 59.9 Å². The van der Waals surface area contributed by atoms with E-state index < -0.39 is 0 Å². The molecule has 2 aromatic carbocycles. The number of hydrogen-bond donors (Lipinski definition) is 2. The standard InChI is InChI=1S/C22H21N3O4/c1-28-19-9-15-6-8-25(22(27)11-16(15)10-20(19)29-2)13-21(26)24-17-4-3-14-5-7-23-18(14)12-17/h3-10,12,23H,11,13H2,1-2H3,(H,24,26). The van der Waals surface area contributed by atoms with E-state index in [1.165, 1.54) is 4.90 Å². The summed E-state index contributed by atoms with van der Waals surface area (Å²) in [6.45, 7) is -0.0691. The van der Waals surface area contributed by atoms with Crippen LogP contribution in [0.1, 0.15) is 11.1 Å². The molecule has 4 rings (SSSR count). The smallest absolute Gasteiger partial charge is 0.244 e. The second-order valence-electron chi connectivity index (χ2n) is 6.75. The van der Waals surface area contributed by atoms with Crippen molar-refractivity contribution in [2.75, 3.05) is 26.1 Å². The monoisotopic (exact) mass is 391 g/mol. The van der Waals surface area contributed by atoms with E-state index in [9.17, 15) is 9.59 Å². The molecule has 7 heteroatoms. The molecule has 7 nitrogen and oxygen atoms in total. The van der Waals surface area contributed by atoms with Gasteiger partial charge in [-0.2, -0.15) is 0 Å². The number of anilines is 1. The fourth-order valence-electron chi connectivity index (χ4n) is 3.38. The highest BCUT2D eigenvalue weighted by Crippen LogP contribution is 2.32. The van der Waals surface area contributed by atoms with E-state index in [0.717, 1.165) is 22.0 Å². The molecule has 1 aliphatic rings. The van der Waals surface area contributed by atoms with Crippen LogP contribution in [0, 0.1) is 0 Å². The zero-order valence-electron chi connectivity index (χ0n) is 16.2. The second-order valence-corrected chi connectivity index (χ2v) is 6.75. The van der Waals surface area contributed by atoms with E-state index >= 15 is 0 Å². The number of H-pyrrole nitrogens is 1. The van der Waals surface area contributed by atoms with Gasteiger partial charge in [-0.3, -0.25) is 9.59 Å². The van der Waals surface area contributed by atoms with Crippen LogP contribution in [0.25, 0.3) is 17.0 Å². The van der Waals surface area contributed by atoms with Crippen LogP contribution < -0.4 is 14.8 Å². The summed E-state index contributed by atoms with van der Waals surface area (Å²) in [5.41, 5.74) is 3.29. The van der Waals surface area contributed by atoms with E-state index in [-0.39, 0.29) is 24.8 Å². The number of benzene rings is 2. The first kappa shape index (κ1) is 18.6. The molecule has 2 N–H and O–H groups in total. The third kappa shape index (κ3) is 3.80. The molecular formula is C22H21N3O4. The molecule has 0 aliphatic carbocycles. The van der Waals surface area contributed by atoms with Gasteiger partial charge in [0.25, 0.3) is 0 Å². The maximum absolute atomic E-state index is 12.7. The van der Waals surface area contributed by atoms with Gasteiger partial charge in [0.1, 0.15) is 6.54 Å². The predicted molar refractivity (Wildman–Crippen MR) is 111 cm³/mol. The number of nitrogens with one attached hydrogen (secondary N) is 2. The largest absolute Gasteiger partial charge is 0.493 e. The van der Waals surface area contributed by atoms with Crippen LogP contribution in [-0.4, -0.2) is 42.5 Å². The van der Waals surface area contributed by atoms with E-state index in [0.29, 0.717) is 17.2 Å². The Hall–Kier alpha value is -3.74. The molecule has 1 aliphatic heterocycles. The van der Waals surface area contributed by atoms with Gasteiger partial charge >= 0.3 is 0 Å². The molecule has 0 saturated heterocycles. The molecule has 0 radical (unpaired) electrons. The summed E-state index contributed by atoms with van der Waals surface area (Å²) in [5.74, 6) is 0.727. The van der Waals surface area contributed by atoms with Crippen LogP contribution in [0.4, 0.5) is 5.69 Å². The summed E-state index contributed by atoms with van der Waals surface area (Å²) in [4.78, 5) is 29.7. The Kier molecular flexibility index (Phi) is 4.95. The molecule has 0 saturated carbocycles. The first-order valence-electron chi connectivity index (χ1n) is 9.17. The maximum Gasteiger partial charge on any atom is 0.244 e. The fourth-order valence-corrected chi connectivity index (χ4v) is 3.38. The summed E-state index contributed by atoms with van der Waals surface area (Å²) in [7, 11) is 3.12. The molecule has 0 unspecified atom stereocenters.